The molecule has 104 valence electrons. The summed E-state index contributed by atoms with van der Waals surface area (Å²) in [5, 5.41) is 16.5. The minimum absolute atomic E-state index is 0.171. The van der Waals surface area contributed by atoms with E-state index in [1.807, 2.05) is 18.2 Å². The number of benzene rings is 1. The van der Waals surface area contributed by atoms with Gasteiger partial charge in [0.25, 0.3) is 5.82 Å². The van der Waals surface area contributed by atoms with Crippen molar-refractivity contribution in [2.75, 3.05) is 6.54 Å². The van der Waals surface area contributed by atoms with Gasteiger partial charge >= 0.3 is 0 Å². The van der Waals surface area contributed by atoms with Gasteiger partial charge in [-0.3, -0.25) is 0 Å². The van der Waals surface area contributed by atoms with Gasteiger partial charge in [-0.15, -0.1) is 5.10 Å². The van der Waals surface area contributed by atoms with Crippen LogP contribution < -0.4 is 5.32 Å². The molecule has 0 radical (unpaired) electrons. The molecule has 0 fully saturated rings. The van der Waals surface area contributed by atoms with Gasteiger partial charge in [0.05, 0.1) is 5.69 Å². The molecule has 20 heavy (non-hydrogen) atoms. The SMILES string of the molecule is CCCNC(C)c1ccc(Br)cc1-n1cnc(C#N)n1. The highest BCUT2D eigenvalue weighted by molar-refractivity contribution is 9.10. The number of nitriles is 1. The van der Waals surface area contributed by atoms with Crippen LogP contribution >= 0.6 is 15.9 Å². The van der Waals surface area contributed by atoms with Gasteiger partial charge in [-0.05, 0) is 37.6 Å². The van der Waals surface area contributed by atoms with E-state index in [0.29, 0.717) is 0 Å². The van der Waals surface area contributed by atoms with Crippen LogP contribution in [0.5, 0.6) is 0 Å². The minimum Gasteiger partial charge on any atom is -0.310 e. The molecule has 0 aliphatic heterocycles. The van der Waals surface area contributed by atoms with Crippen LogP contribution in [0.3, 0.4) is 0 Å². The predicted molar refractivity (Wildman–Crippen MR) is 80.5 cm³/mol. The maximum absolute atomic E-state index is 8.84. The lowest BCUT2D eigenvalue weighted by Gasteiger charge is -2.17. The Morgan fingerprint density at radius 1 is 1.50 bits per heavy atom. The van der Waals surface area contributed by atoms with Crippen LogP contribution in [0.1, 0.15) is 37.7 Å². The van der Waals surface area contributed by atoms with E-state index in [-0.39, 0.29) is 11.9 Å². The van der Waals surface area contributed by atoms with Crippen molar-refractivity contribution >= 4 is 15.9 Å². The molecule has 1 N–H and O–H groups in total. The third-order valence-electron chi connectivity index (χ3n) is 3.00. The third kappa shape index (κ3) is 3.24. The first-order valence-electron chi connectivity index (χ1n) is 6.50. The summed E-state index contributed by atoms with van der Waals surface area (Å²) in [5.74, 6) is 0.171. The van der Waals surface area contributed by atoms with Crippen molar-refractivity contribution in [2.45, 2.75) is 26.3 Å². The van der Waals surface area contributed by atoms with E-state index in [2.05, 4.69) is 51.2 Å². The van der Waals surface area contributed by atoms with E-state index in [0.717, 1.165) is 28.7 Å². The summed E-state index contributed by atoms with van der Waals surface area (Å²) < 4.78 is 2.61. The number of nitrogens with zero attached hydrogens (tertiary/aromatic N) is 4. The van der Waals surface area contributed by atoms with E-state index in [1.165, 1.54) is 0 Å². The second kappa shape index (κ2) is 6.64. The molecular weight excluding hydrogens is 318 g/mol. The van der Waals surface area contributed by atoms with E-state index in [1.54, 1.807) is 11.0 Å². The highest BCUT2D eigenvalue weighted by Crippen LogP contribution is 2.25. The highest BCUT2D eigenvalue weighted by Gasteiger charge is 2.13. The number of hydrogen-bond donors (Lipinski definition) is 1. The summed E-state index contributed by atoms with van der Waals surface area (Å²) in [6, 6.07) is 8.19. The topological polar surface area (TPSA) is 66.5 Å². The number of nitrogens with one attached hydrogen (secondary N) is 1. The van der Waals surface area contributed by atoms with E-state index in [4.69, 9.17) is 5.26 Å². The molecule has 2 aromatic rings. The zero-order valence-corrected chi connectivity index (χ0v) is 13.1. The standard InChI is InChI=1S/C14H16BrN5/c1-3-6-17-10(2)12-5-4-11(15)7-13(12)20-9-18-14(8-16)19-20/h4-5,7,9-10,17H,3,6H2,1-2H3. The zero-order chi connectivity index (χ0) is 14.5. The fourth-order valence-electron chi connectivity index (χ4n) is 1.98. The predicted octanol–water partition coefficient (Wildman–Crippen LogP) is 2.96. The Morgan fingerprint density at radius 2 is 2.30 bits per heavy atom. The molecule has 1 aromatic carbocycles. The molecule has 0 aliphatic carbocycles. The lowest BCUT2D eigenvalue weighted by molar-refractivity contribution is 0.567. The quantitative estimate of drug-likeness (QED) is 0.913. The second-order valence-corrected chi connectivity index (χ2v) is 5.42. The molecule has 1 unspecified atom stereocenters. The molecule has 5 nitrogen and oxygen atoms in total. The zero-order valence-electron chi connectivity index (χ0n) is 11.5. The molecule has 1 heterocycles. The molecule has 0 amide bonds. The molecule has 0 saturated carbocycles. The summed E-state index contributed by atoms with van der Waals surface area (Å²) in [4.78, 5) is 3.96. The Balaban J connectivity index is 2.40. The Morgan fingerprint density at radius 3 is 2.95 bits per heavy atom. The molecule has 0 saturated heterocycles. The summed E-state index contributed by atoms with van der Waals surface area (Å²) in [7, 11) is 0. The van der Waals surface area contributed by atoms with Crippen molar-refractivity contribution in [3.05, 3.63) is 40.4 Å². The summed E-state index contributed by atoms with van der Waals surface area (Å²) in [6.07, 6.45) is 2.65. The molecule has 6 heteroatoms. The van der Waals surface area contributed by atoms with Crippen LogP contribution in [0.2, 0.25) is 0 Å². The largest absolute Gasteiger partial charge is 0.310 e. The van der Waals surface area contributed by atoms with Crippen molar-refractivity contribution in [3.8, 4) is 11.8 Å². The van der Waals surface area contributed by atoms with E-state index >= 15 is 0 Å². The highest BCUT2D eigenvalue weighted by atomic mass is 79.9. The Labute approximate surface area is 126 Å². The summed E-state index contributed by atoms with van der Waals surface area (Å²) in [5.41, 5.74) is 2.04. The van der Waals surface area contributed by atoms with E-state index < -0.39 is 0 Å². The van der Waals surface area contributed by atoms with Gasteiger partial charge in [0.15, 0.2) is 0 Å². The number of hydrogen-bond acceptors (Lipinski definition) is 4. The molecule has 0 aliphatic rings. The number of halogens is 1. The Kier molecular flexibility index (Phi) is 4.88. The van der Waals surface area contributed by atoms with Crippen molar-refractivity contribution in [2.24, 2.45) is 0 Å². The molecule has 1 aromatic heterocycles. The van der Waals surface area contributed by atoms with Gasteiger partial charge in [-0.1, -0.05) is 28.9 Å². The van der Waals surface area contributed by atoms with Gasteiger partial charge in [-0.2, -0.15) is 5.26 Å². The van der Waals surface area contributed by atoms with Gasteiger partial charge < -0.3 is 5.32 Å². The first-order valence-corrected chi connectivity index (χ1v) is 7.30. The monoisotopic (exact) mass is 333 g/mol. The number of aromatic nitrogens is 3. The Hall–Kier alpha value is -1.71. The van der Waals surface area contributed by atoms with Crippen LogP contribution in [-0.4, -0.2) is 21.3 Å². The lowest BCUT2D eigenvalue weighted by atomic mass is 10.1. The van der Waals surface area contributed by atoms with Gasteiger partial charge in [0, 0.05) is 10.5 Å². The van der Waals surface area contributed by atoms with Crippen LogP contribution in [0.15, 0.2) is 29.0 Å². The van der Waals surface area contributed by atoms with Gasteiger partial charge in [0.2, 0.25) is 0 Å². The smallest absolute Gasteiger partial charge is 0.252 e. The summed E-state index contributed by atoms with van der Waals surface area (Å²) in [6.45, 7) is 5.21. The molecular formula is C14H16BrN5. The lowest BCUT2D eigenvalue weighted by Crippen LogP contribution is -2.20. The Bertz CT molecular complexity index is 629. The fourth-order valence-corrected chi connectivity index (χ4v) is 2.33. The number of rotatable bonds is 5. The van der Waals surface area contributed by atoms with E-state index in [9.17, 15) is 0 Å². The van der Waals surface area contributed by atoms with Crippen LogP contribution in [0.4, 0.5) is 0 Å². The average molecular weight is 334 g/mol. The van der Waals surface area contributed by atoms with Gasteiger partial charge in [0.1, 0.15) is 12.4 Å². The van der Waals surface area contributed by atoms with Crippen LogP contribution in [-0.2, 0) is 0 Å². The summed E-state index contributed by atoms with van der Waals surface area (Å²) >= 11 is 3.47. The molecule has 0 spiro atoms. The van der Waals surface area contributed by atoms with Crippen molar-refractivity contribution < 1.29 is 0 Å². The maximum atomic E-state index is 8.84. The van der Waals surface area contributed by atoms with Crippen LogP contribution in [0.25, 0.3) is 5.69 Å². The second-order valence-electron chi connectivity index (χ2n) is 4.50. The average Bonchev–Trinajstić information content (AvgIpc) is 2.93. The normalized spacial score (nSPS) is 12.1. The van der Waals surface area contributed by atoms with Gasteiger partial charge in [-0.25, -0.2) is 9.67 Å². The first kappa shape index (κ1) is 14.7. The van der Waals surface area contributed by atoms with Crippen molar-refractivity contribution in [1.29, 1.82) is 5.26 Å². The van der Waals surface area contributed by atoms with Crippen molar-refractivity contribution in [1.82, 2.24) is 20.1 Å². The third-order valence-corrected chi connectivity index (χ3v) is 3.49. The maximum Gasteiger partial charge on any atom is 0.252 e. The first-order chi connectivity index (χ1) is 9.65. The molecule has 2 rings (SSSR count). The minimum atomic E-state index is 0.171. The van der Waals surface area contributed by atoms with Crippen molar-refractivity contribution in [3.63, 3.8) is 0 Å². The molecule has 0 bridgehead atoms. The molecule has 1 atom stereocenters. The van der Waals surface area contributed by atoms with Crippen LogP contribution in [0, 0.1) is 11.3 Å². The fraction of sp³-hybridized carbons (Fsp3) is 0.357.